The summed E-state index contributed by atoms with van der Waals surface area (Å²) in [6, 6.07) is 4.13. The second-order valence-corrected chi connectivity index (χ2v) is 4.81. The van der Waals surface area contributed by atoms with Crippen LogP contribution < -0.4 is 14.8 Å². The van der Waals surface area contributed by atoms with Gasteiger partial charge in [0, 0.05) is 6.04 Å². The van der Waals surface area contributed by atoms with Crippen molar-refractivity contribution >= 4 is 17.7 Å². The molecule has 0 amide bonds. The predicted octanol–water partition coefficient (Wildman–Crippen LogP) is 3.76. The molecule has 19 heavy (non-hydrogen) atoms. The van der Waals surface area contributed by atoms with Gasteiger partial charge in [0.15, 0.2) is 11.5 Å². The molecule has 0 fully saturated rings. The molecule has 0 radical (unpaired) electrons. The van der Waals surface area contributed by atoms with Gasteiger partial charge in [-0.15, -0.1) is 0 Å². The van der Waals surface area contributed by atoms with Gasteiger partial charge in [0.1, 0.15) is 0 Å². The van der Waals surface area contributed by atoms with Gasteiger partial charge >= 0.3 is 0 Å². The van der Waals surface area contributed by atoms with Gasteiger partial charge in [0.2, 0.25) is 0 Å². The lowest BCUT2D eigenvalue weighted by atomic mass is 10.1. The van der Waals surface area contributed by atoms with Crippen molar-refractivity contribution in [2.75, 3.05) is 20.8 Å². The molecule has 0 spiro atoms. The van der Waals surface area contributed by atoms with E-state index in [1.54, 1.807) is 14.2 Å². The van der Waals surface area contributed by atoms with Crippen molar-refractivity contribution in [2.45, 2.75) is 26.8 Å². The average molecular weight is 284 g/mol. The summed E-state index contributed by atoms with van der Waals surface area (Å²) in [6.45, 7) is 7.27. The van der Waals surface area contributed by atoms with Gasteiger partial charge in [-0.05, 0) is 38.1 Å². The van der Waals surface area contributed by atoms with Crippen LogP contribution >= 0.6 is 11.6 Å². The molecule has 0 aliphatic rings. The molecule has 106 valence electrons. The highest BCUT2D eigenvalue weighted by Gasteiger charge is 2.10. The number of hydrogen-bond acceptors (Lipinski definition) is 3. The molecular weight excluding hydrogens is 262 g/mol. The van der Waals surface area contributed by atoms with E-state index >= 15 is 0 Å². The molecule has 0 aromatic heterocycles. The van der Waals surface area contributed by atoms with Crippen molar-refractivity contribution in [1.82, 2.24) is 5.32 Å². The summed E-state index contributed by atoms with van der Waals surface area (Å²) in [5.74, 6) is 1.21. The van der Waals surface area contributed by atoms with Gasteiger partial charge in [-0.25, -0.2) is 0 Å². The lowest BCUT2D eigenvalue weighted by Gasteiger charge is -2.14. The van der Waals surface area contributed by atoms with Crippen LogP contribution in [0.15, 0.2) is 17.7 Å². The molecule has 0 heterocycles. The minimum absolute atomic E-state index is 0.330. The molecule has 1 atom stereocenters. The van der Waals surface area contributed by atoms with Crippen molar-refractivity contribution in [3.8, 4) is 11.5 Å². The van der Waals surface area contributed by atoms with Crippen molar-refractivity contribution in [3.05, 3.63) is 28.3 Å². The first-order valence-electron chi connectivity index (χ1n) is 6.36. The van der Waals surface area contributed by atoms with Crippen LogP contribution in [0.3, 0.4) is 0 Å². The van der Waals surface area contributed by atoms with E-state index in [0.29, 0.717) is 22.6 Å². The van der Waals surface area contributed by atoms with Gasteiger partial charge in [-0.2, -0.15) is 0 Å². The molecule has 1 N–H and O–H groups in total. The fourth-order valence-electron chi connectivity index (χ4n) is 1.88. The third-order valence-corrected chi connectivity index (χ3v) is 3.32. The van der Waals surface area contributed by atoms with E-state index in [4.69, 9.17) is 21.1 Å². The topological polar surface area (TPSA) is 30.5 Å². The van der Waals surface area contributed by atoms with Gasteiger partial charge < -0.3 is 14.8 Å². The fraction of sp³-hybridized carbons (Fsp3) is 0.467. The fourth-order valence-corrected chi connectivity index (χ4v) is 2.17. The second-order valence-electron chi connectivity index (χ2n) is 4.41. The van der Waals surface area contributed by atoms with Crippen molar-refractivity contribution < 1.29 is 9.47 Å². The van der Waals surface area contributed by atoms with Crippen LogP contribution in [-0.2, 0) is 0 Å². The van der Waals surface area contributed by atoms with E-state index in [9.17, 15) is 0 Å². The van der Waals surface area contributed by atoms with E-state index in [1.165, 1.54) is 5.57 Å². The van der Waals surface area contributed by atoms with Crippen LogP contribution in [0.1, 0.15) is 26.3 Å². The summed E-state index contributed by atoms with van der Waals surface area (Å²) in [4.78, 5) is 0. The maximum absolute atomic E-state index is 6.19. The third kappa shape index (κ3) is 4.15. The minimum atomic E-state index is 0.330. The Morgan fingerprint density at radius 2 is 2.05 bits per heavy atom. The van der Waals surface area contributed by atoms with Crippen LogP contribution in [0, 0.1) is 0 Å². The SMILES string of the molecule is CCNC(C)/C(C)=C/c1cc(Cl)c(OC)c(OC)c1. The highest BCUT2D eigenvalue weighted by molar-refractivity contribution is 6.32. The molecule has 1 aromatic rings. The highest BCUT2D eigenvalue weighted by Crippen LogP contribution is 2.36. The van der Waals surface area contributed by atoms with Gasteiger partial charge in [-0.3, -0.25) is 0 Å². The van der Waals surface area contributed by atoms with Crippen LogP contribution in [0.5, 0.6) is 11.5 Å². The number of benzene rings is 1. The standard InChI is InChI=1S/C15H22ClNO2/c1-6-17-11(3)10(2)7-12-8-13(16)15(19-5)14(9-12)18-4/h7-9,11,17H,6H2,1-5H3/b10-7+. The number of rotatable bonds is 6. The van der Waals surface area contributed by atoms with Crippen LogP contribution in [-0.4, -0.2) is 26.8 Å². The Morgan fingerprint density at radius 1 is 1.37 bits per heavy atom. The molecule has 0 aliphatic carbocycles. The quantitative estimate of drug-likeness (QED) is 0.862. The summed E-state index contributed by atoms with van der Waals surface area (Å²) < 4.78 is 10.5. The molecule has 0 bridgehead atoms. The Balaban J connectivity index is 3.08. The summed E-state index contributed by atoms with van der Waals surface area (Å²) in [5.41, 5.74) is 2.25. The Hall–Kier alpha value is -1.19. The Morgan fingerprint density at radius 3 is 2.58 bits per heavy atom. The first-order valence-corrected chi connectivity index (χ1v) is 6.74. The molecule has 4 heteroatoms. The average Bonchev–Trinajstić information content (AvgIpc) is 2.38. The second kappa shape index (κ2) is 7.41. The minimum Gasteiger partial charge on any atom is -0.493 e. The monoisotopic (exact) mass is 283 g/mol. The zero-order valence-electron chi connectivity index (χ0n) is 12.2. The first kappa shape index (κ1) is 15.9. The molecule has 1 unspecified atom stereocenters. The zero-order valence-corrected chi connectivity index (χ0v) is 13.0. The Kier molecular flexibility index (Phi) is 6.19. The normalized spacial score (nSPS) is 13.3. The zero-order chi connectivity index (χ0) is 14.4. The summed E-state index contributed by atoms with van der Waals surface area (Å²) >= 11 is 6.19. The molecule has 1 rings (SSSR count). The van der Waals surface area contributed by atoms with E-state index in [1.807, 2.05) is 12.1 Å². The molecule has 0 saturated carbocycles. The number of hydrogen-bond donors (Lipinski definition) is 1. The van der Waals surface area contributed by atoms with Crippen LogP contribution in [0.4, 0.5) is 0 Å². The van der Waals surface area contributed by atoms with Crippen molar-refractivity contribution in [1.29, 1.82) is 0 Å². The van der Waals surface area contributed by atoms with Crippen LogP contribution in [0.2, 0.25) is 5.02 Å². The van der Waals surface area contributed by atoms with E-state index in [-0.39, 0.29) is 0 Å². The molecular formula is C15H22ClNO2. The molecule has 0 saturated heterocycles. The van der Waals surface area contributed by atoms with E-state index in [0.717, 1.165) is 12.1 Å². The Bertz CT molecular complexity index is 458. The number of likely N-dealkylation sites (N-methyl/N-ethyl adjacent to an activating group) is 1. The van der Waals surface area contributed by atoms with E-state index < -0.39 is 0 Å². The maximum atomic E-state index is 6.19. The third-order valence-electron chi connectivity index (χ3n) is 3.04. The van der Waals surface area contributed by atoms with Crippen molar-refractivity contribution in [3.63, 3.8) is 0 Å². The number of nitrogens with one attached hydrogen (secondary N) is 1. The summed E-state index contributed by atoms with van der Waals surface area (Å²) in [7, 11) is 3.19. The maximum Gasteiger partial charge on any atom is 0.179 e. The first-order chi connectivity index (χ1) is 9.03. The molecule has 0 aliphatic heterocycles. The van der Waals surface area contributed by atoms with E-state index in [2.05, 4.69) is 32.2 Å². The lowest BCUT2D eigenvalue weighted by molar-refractivity contribution is 0.355. The number of ether oxygens (including phenoxy) is 2. The lowest BCUT2D eigenvalue weighted by Crippen LogP contribution is -2.26. The number of methoxy groups -OCH3 is 2. The van der Waals surface area contributed by atoms with Crippen molar-refractivity contribution in [2.24, 2.45) is 0 Å². The van der Waals surface area contributed by atoms with Crippen LogP contribution in [0.25, 0.3) is 6.08 Å². The smallest absolute Gasteiger partial charge is 0.179 e. The number of halogens is 1. The predicted molar refractivity (Wildman–Crippen MR) is 81.3 cm³/mol. The van der Waals surface area contributed by atoms with Gasteiger partial charge in [-0.1, -0.05) is 30.2 Å². The summed E-state index contributed by atoms with van der Waals surface area (Å²) in [5, 5.41) is 3.93. The summed E-state index contributed by atoms with van der Waals surface area (Å²) in [6.07, 6.45) is 2.10. The largest absolute Gasteiger partial charge is 0.493 e. The van der Waals surface area contributed by atoms with Gasteiger partial charge in [0.05, 0.1) is 19.2 Å². The van der Waals surface area contributed by atoms with Gasteiger partial charge in [0.25, 0.3) is 0 Å². The Labute approximate surface area is 120 Å². The molecule has 3 nitrogen and oxygen atoms in total. The highest BCUT2D eigenvalue weighted by atomic mass is 35.5. The molecule has 1 aromatic carbocycles.